The van der Waals surface area contributed by atoms with Crippen LogP contribution in [0.5, 0.6) is 0 Å². The molecule has 0 bridgehead atoms. The number of halogens is 1. The number of carbonyl (C=O) groups is 1. The fourth-order valence-electron chi connectivity index (χ4n) is 4.99. The molecule has 5 heteroatoms. The predicted molar refractivity (Wildman–Crippen MR) is 111 cm³/mol. The van der Waals surface area contributed by atoms with Crippen molar-refractivity contribution in [1.29, 1.82) is 0 Å². The summed E-state index contributed by atoms with van der Waals surface area (Å²) in [6.45, 7) is 3.95. The molecule has 2 atom stereocenters. The summed E-state index contributed by atoms with van der Waals surface area (Å²) in [6, 6.07) is 18.6. The van der Waals surface area contributed by atoms with Crippen LogP contribution in [0.1, 0.15) is 17.5 Å². The molecule has 0 spiro atoms. The number of rotatable bonds is 6. The van der Waals surface area contributed by atoms with Gasteiger partial charge in [-0.05, 0) is 42.0 Å². The number of hydrogen-bond acceptors (Lipinski definition) is 3. The normalized spacial score (nSPS) is 24.5. The minimum atomic E-state index is -0.395. The second-order valence-electron chi connectivity index (χ2n) is 8.28. The van der Waals surface area contributed by atoms with Gasteiger partial charge in [0.1, 0.15) is 6.61 Å². The topological polar surface area (TPSA) is 43.8 Å². The first-order chi connectivity index (χ1) is 13.6. The van der Waals surface area contributed by atoms with E-state index in [0.29, 0.717) is 5.92 Å². The quantitative estimate of drug-likeness (QED) is 0.812. The van der Waals surface area contributed by atoms with Gasteiger partial charge in [0.15, 0.2) is 0 Å². The zero-order valence-electron chi connectivity index (χ0n) is 16.1. The second-order valence-corrected chi connectivity index (χ2v) is 8.71. The third-order valence-electron chi connectivity index (χ3n) is 6.37. The predicted octanol–water partition coefficient (Wildman–Crippen LogP) is 3.23. The summed E-state index contributed by atoms with van der Waals surface area (Å²) >= 11 is 6.15. The molecular weight excluding hydrogens is 372 g/mol. The molecule has 1 amide bonds. The number of fused-ring (bicyclic) bond motifs is 1. The third kappa shape index (κ3) is 4.09. The van der Waals surface area contributed by atoms with Crippen molar-refractivity contribution in [2.45, 2.75) is 19.4 Å². The lowest BCUT2D eigenvalue weighted by Gasteiger charge is -2.29. The van der Waals surface area contributed by atoms with E-state index in [1.807, 2.05) is 29.2 Å². The number of likely N-dealkylation sites (tertiary alicyclic amines) is 2. The molecule has 2 fully saturated rings. The van der Waals surface area contributed by atoms with Crippen LogP contribution in [-0.2, 0) is 17.8 Å². The molecule has 148 valence electrons. The molecule has 0 radical (unpaired) electrons. The summed E-state index contributed by atoms with van der Waals surface area (Å²) in [5, 5.41) is 10.1. The van der Waals surface area contributed by atoms with E-state index in [0.717, 1.165) is 50.6 Å². The lowest BCUT2D eigenvalue weighted by Crippen LogP contribution is -2.38. The SMILES string of the molecule is O=C(CO)N1CC2CN(Cc3cccc(Cl)c3)CC2(CCc2ccccc2)C1. The van der Waals surface area contributed by atoms with Gasteiger partial charge in [0.2, 0.25) is 5.91 Å². The number of aliphatic hydroxyl groups excluding tert-OH is 1. The molecule has 0 saturated carbocycles. The smallest absolute Gasteiger partial charge is 0.248 e. The zero-order valence-corrected chi connectivity index (χ0v) is 16.8. The van der Waals surface area contributed by atoms with Gasteiger partial charge in [-0.15, -0.1) is 0 Å². The summed E-state index contributed by atoms with van der Waals surface area (Å²) in [6.07, 6.45) is 2.08. The summed E-state index contributed by atoms with van der Waals surface area (Å²) in [5.74, 6) is 0.306. The molecule has 2 aliphatic rings. The maximum atomic E-state index is 12.1. The fourth-order valence-corrected chi connectivity index (χ4v) is 5.20. The molecule has 2 heterocycles. The summed E-state index contributed by atoms with van der Waals surface area (Å²) in [7, 11) is 0. The first-order valence-electron chi connectivity index (χ1n) is 9.97. The van der Waals surface area contributed by atoms with E-state index in [-0.39, 0.29) is 11.3 Å². The van der Waals surface area contributed by atoms with Gasteiger partial charge in [0.05, 0.1) is 0 Å². The minimum absolute atomic E-state index is 0.0965. The van der Waals surface area contributed by atoms with Crippen molar-refractivity contribution in [3.05, 3.63) is 70.7 Å². The number of aryl methyl sites for hydroxylation is 1. The number of benzene rings is 2. The molecule has 28 heavy (non-hydrogen) atoms. The van der Waals surface area contributed by atoms with E-state index in [4.69, 9.17) is 11.6 Å². The Morgan fingerprint density at radius 2 is 1.86 bits per heavy atom. The number of carbonyl (C=O) groups excluding carboxylic acids is 1. The van der Waals surface area contributed by atoms with Gasteiger partial charge in [0.25, 0.3) is 0 Å². The van der Waals surface area contributed by atoms with Gasteiger partial charge in [-0.1, -0.05) is 54.1 Å². The van der Waals surface area contributed by atoms with Gasteiger partial charge in [-0.25, -0.2) is 0 Å². The van der Waals surface area contributed by atoms with E-state index >= 15 is 0 Å². The van der Waals surface area contributed by atoms with E-state index in [2.05, 4.69) is 35.2 Å². The lowest BCUT2D eigenvalue weighted by molar-refractivity contribution is -0.133. The maximum Gasteiger partial charge on any atom is 0.248 e. The van der Waals surface area contributed by atoms with Crippen LogP contribution in [0.2, 0.25) is 5.02 Å². The highest BCUT2D eigenvalue weighted by atomic mass is 35.5. The molecule has 1 N–H and O–H groups in total. The molecule has 0 aromatic heterocycles. The molecule has 2 aromatic rings. The Labute approximate surface area is 171 Å². The van der Waals surface area contributed by atoms with Crippen molar-refractivity contribution in [3.8, 4) is 0 Å². The van der Waals surface area contributed by atoms with Crippen LogP contribution >= 0.6 is 11.6 Å². The molecule has 2 aliphatic heterocycles. The summed E-state index contributed by atoms with van der Waals surface area (Å²) in [4.78, 5) is 16.5. The van der Waals surface area contributed by atoms with Gasteiger partial charge in [-0.3, -0.25) is 9.69 Å². The first-order valence-corrected chi connectivity index (χ1v) is 10.4. The molecule has 2 unspecified atom stereocenters. The van der Waals surface area contributed by atoms with Crippen molar-refractivity contribution >= 4 is 17.5 Å². The van der Waals surface area contributed by atoms with Crippen molar-refractivity contribution in [1.82, 2.24) is 9.80 Å². The number of aliphatic hydroxyl groups is 1. The second kappa shape index (κ2) is 8.24. The Morgan fingerprint density at radius 1 is 1.07 bits per heavy atom. The van der Waals surface area contributed by atoms with Crippen molar-refractivity contribution in [2.24, 2.45) is 11.3 Å². The molecule has 4 rings (SSSR count). The van der Waals surface area contributed by atoms with Crippen LogP contribution < -0.4 is 0 Å². The number of hydrogen-bond donors (Lipinski definition) is 1. The molecule has 2 saturated heterocycles. The molecule has 0 aliphatic carbocycles. The van der Waals surface area contributed by atoms with Crippen LogP contribution in [0.15, 0.2) is 54.6 Å². The highest BCUT2D eigenvalue weighted by Crippen LogP contribution is 2.46. The Morgan fingerprint density at radius 3 is 2.61 bits per heavy atom. The highest BCUT2D eigenvalue weighted by molar-refractivity contribution is 6.30. The van der Waals surface area contributed by atoms with Gasteiger partial charge in [-0.2, -0.15) is 0 Å². The average Bonchev–Trinajstić information content (AvgIpc) is 3.20. The Kier molecular flexibility index (Phi) is 5.72. The van der Waals surface area contributed by atoms with Crippen LogP contribution in [0.25, 0.3) is 0 Å². The average molecular weight is 399 g/mol. The van der Waals surface area contributed by atoms with E-state index in [1.165, 1.54) is 11.1 Å². The van der Waals surface area contributed by atoms with Crippen molar-refractivity contribution in [3.63, 3.8) is 0 Å². The molecule has 4 nitrogen and oxygen atoms in total. The maximum absolute atomic E-state index is 12.1. The minimum Gasteiger partial charge on any atom is -0.387 e. The largest absolute Gasteiger partial charge is 0.387 e. The van der Waals surface area contributed by atoms with Crippen LogP contribution in [0.3, 0.4) is 0 Å². The van der Waals surface area contributed by atoms with E-state index in [1.54, 1.807) is 0 Å². The monoisotopic (exact) mass is 398 g/mol. The Balaban J connectivity index is 1.49. The van der Waals surface area contributed by atoms with E-state index < -0.39 is 6.61 Å². The van der Waals surface area contributed by atoms with Crippen molar-refractivity contribution < 1.29 is 9.90 Å². The molecular formula is C23H27ClN2O2. The van der Waals surface area contributed by atoms with Gasteiger partial charge >= 0.3 is 0 Å². The van der Waals surface area contributed by atoms with Crippen LogP contribution in [-0.4, -0.2) is 53.6 Å². The van der Waals surface area contributed by atoms with Crippen LogP contribution in [0, 0.1) is 11.3 Å². The summed E-state index contributed by atoms with van der Waals surface area (Å²) < 4.78 is 0. The Bertz CT molecular complexity index is 828. The first kappa shape index (κ1) is 19.4. The third-order valence-corrected chi connectivity index (χ3v) is 6.60. The number of nitrogens with zero attached hydrogens (tertiary/aromatic N) is 2. The summed E-state index contributed by atoms with van der Waals surface area (Å²) in [5.41, 5.74) is 2.67. The zero-order chi connectivity index (χ0) is 19.6. The van der Waals surface area contributed by atoms with E-state index in [9.17, 15) is 9.90 Å². The van der Waals surface area contributed by atoms with Crippen molar-refractivity contribution in [2.75, 3.05) is 32.8 Å². The van der Waals surface area contributed by atoms with Gasteiger partial charge < -0.3 is 10.0 Å². The molecule has 2 aromatic carbocycles. The van der Waals surface area contributed by atoms with Gasteiger partial charge in [0, 0.05) is 43.2 Å². The lowest BCUT2D eigenvalue weighted by atomic mass is 9.76. The standard InChI is InChI=1S/C23H27ClN2O2/c24-21-8-4-7-19(11-21)12-25-13-20-14-26(22(28)15-27)17-23(20,16-25)10-9-18-5-2-1-3-6-18/h1-8,11,20,27H,9-10,12-17H2. The Hall–Kier alpha value is -1.88. The highest BCUT2D eigenvalue weighted by Gasteiger charge is 2.52. The fraction of sp³-hybridized carbons (Fsp3) is 0.435. The number of amides is 1. The van der Waals surface area contributed by atoms with Crippen LogP contribution in [0.4, 0.5) is 0 Å².